The van der Waals surface area contributed by atoms with E-state index in [2.05, 4.69) is 176 Å². The molecule has 1 heteroatoms. The maximum atomic E-state index is 2.53. The van der Waals surface area contributed by atoms with Crippen molar-refractivity contribution in [3.63, 3.8) is 0 Å². The molecular formula is C48H29P. The number of hydrogen-bond acceptors (Lipinski definition) is 0. The predicted molar refractivity (Wildman–Crippen MR) is 215 cm³/mol. The molecule has 0 unspecified atom stereocenters. The molecule has 0 nitrogen and oxygen atoms in total. The Balaban J connectivity index is 1.27. The lowest BCUT2D eigenvalue weighted by Gasteiger charge is -2.24. The molecule has 0 radical (unpaired) electrons. The van der Waals surface area contributed by atoms with Crippen molar-refractivity contribution in [3.05, 3.63) is 176 Å². The monoisotopic (exact) mass is 636 g/mol. The number of hydrogen-bond donors (Lipinski definition) is 0. The van der Waals surface area contributed by atoms with Gasteiger partial charge in [-0.2, -0.15) is 0 Å². The van der Waals surface area contributed by atoms with Crippen molar-refractivity contribution in [2.24, 2.45) is 0 Å². The van der Waals surface area contributed by atoms with E-state index in [9.17, 15) is 0 Å². The fourth-order valence-electron chi connectivity index (χ4n) is 8.66. The second-order valence-corrected chi connectivity index (χ2v) is 15.4. The van der Waals surface area contributed by atoms with Crippen LogP contribution in [0.3, 0.4) is 0 Å². The SMILES string of the molecule is c1ccc2c(c1)-c1cccc3c1c-2cc1c2ccccc2c2cc(P(c4cccc5ccccc45)c4cccc5ccccc45)ccc2c31. The summed E-state index contributed by atoms with van der Waals surface area (Å²) in [5.74, 6) is 0. The van der Waals surface area contributed by atoms with E-state index in [-0.39, 0.29) is 0 Å². The molecule has 1 aliphatic rings. The summed E-state index contributed by atoms with van der Waals surface area (Å²) in [5, 5.41) is 20.1. The molecule has 0 spiro atoms. The van der Waals surface area contributed by atoms with Gasteiger partial charge < -0.3 is 0 Å². The first kappa shape index (κ1) is 27.2. The molecule has 10 aromatic carbocycles. The van der Waals surface area contributed by atoms with Gasteiger partial charge in [0.2, 0.25) is 0 Å². The Morgan fingerprint density at radius 2 is 0.776 bits per heavy atom. The van der Waals surface area contributed by atoms with Gasteiger partial charge in [0, 0.05) is 0 Å². The molecule has 10 aromatic rings. The molecule has 0 N–H and O–H groups in total. The first-order chi connectivity index (χ1) is 24.3. The number of fused-ring (bicyclic) bond motifs is 12. The molecule has 0 heterocycles. The van der Waals surface area contributed by atoms with Crippen molar-refractivity contribution in [2.75, 3.05) is 0 Å². The van der Waals surface area contributed by atoms with E-state index >= 15 is 0 Å². The van der Waals surface area contributed by atoms with Gasteiger partial charge in [0.15, 0.2) is 0 Å². The van der Waals surface area contributed by atoms with Crippen molar-refractivity contribution in [2.45, 2.75) is 0 Å². The van der Waals surface area contributed by atoms with Crippen molar-refractivity contribution >= 4 is 88.5 Å². The summed E-state index contributed by atoms with van der Waals surface area (Å²) in [6.45, 7) is 0. The Morgan fingerprint density at radius 1 is 0.265 bits per heavy atom. The average molecular weight is 637 g/mol. The van der Waals surface area contributed by atoms with Gasteiger partial charge >= 0.3 is 0 Å². The molecule has 0 saturated heterocycles. The van der Waals surface area contributed by atoms with Crippen LogP contribution in [0.25, 0.3) is 86.9 Å². The van der Waals surface area contributed by atoms with Crippen molar-refractivity contribution in [3.8, 4) is 22.3 Å². The minimum Gasteiger partial charge on any atom is -0.0616 e. The highest BCUT2D eigenvalue weighted by Gasteiger charge is 2.25. The van der Waals surface area contributed by atoms with E-state index in [1.807, 2.05) is 0 Å². The Kier molecular flexibility index (Phi) is 5.74. The second-order valence-electron chi connectivity index (χ2n) is 13.2. The summed E-state index contributed by atoms with van der Waals surface area (Å²) in [6, 6.07) is 66.2. The third kappa shape index (κ3) is 3.84. The maximum Gasteiger partial charge on any atom is -0.00197 e. The van der Waals surface area contributed by atoms with Crippen LogP contribution in [0.15, 0.2) is 176 Å². The summed E-state index contributed by atoms with van der Waals surface area (Å²) in [4.78, 5) is 0. The lowest BCUT2D eigenvalue weighted by molar-refractivity contribution is 1.70. The molecule has 0 aromatic heterocycles. The van der Waals surface area contributed by atoms with Gasteiger partial charge in [-0.05, 0) is 123 Å². The zero-order valence-electron chi connectivity index (χ0n) is 26.7. The number of rotatable bonds is 3. The normalized spacial score (nSPS) is 12.3. The maximum absolute atomic E-state index is 2.53. The first-order valence-corrected chi connectivity index (χ1v) is 18.4. The predicted octanol–water partition coefficient (Wildman–Crippen LogP) is 12.0. The molecular weight excluding hydrogens is 608 g/mol. The molecule has 0 amide bonds. The standard InChI is InChI=1S/C48H29P/c1-3-16-33-30(12-1)14-9-24-45(33)49(46-25-10-15-31-13-2-4-17-34(31)46)32-26-27-40-42(28-32)36-19-6-8-21-38(36)44-29-43-37-20-7-5-18-35(37)39-22-11-23-41(47(39)43)48(40)44/h1-29H. The van der Waals surface area contributed by atoms with E-state index in [1.165, 1.54) is 103 Å². The smallest absolute Gasteiger partial charge is 0.00197 e. The molecule has 0 aliphatic heterocycles. The summed E-state index contributed by atoms with van der Waals surface area (Å²) in [7, 11) is -0.884. The molecule has 0 atom stereocenters. The van der Waals surface area contributed by atoms with Gasteiger partial charge in [-0.15, -0.1) is 0 Å². The topological polar surface area (TPSA) is 0 Å². The van der Waals surface area contributed by atoms with E-state index in [0.717, 1.165) is 0 Å². The Labute approximate surface area is 285 Å². The molecule has 1 aliphatic carbocycles. The van der Waals surface area contributed by atoms with Crippen LogP contribution >= 0.6 is 7.92 Å². The Hall–Kier alpha value is -5.81. The van der Waals surface area contributed by atoms with E-state index < -0.39 is 7.92 Å². The van der Waals surface area contributed by atoms with Crippen LogP contribution in [-0.4, -0.2) is 0 Å². The van der Waals surface area contributed by atoms with Crippen LogP contribution in [0, 0.1) is 0 Å². The van der Waals surface area contributed by atoms with Crippen molar-refractivity contribution in [1.29, 1.82) is 0 Å². The van der Waals surface area contributed by atoms with Crippen LogP contribution in [0.1, 0.15) is 0 Å². The highest BCUT2D eigenvalue weighted by Crippen LogP contribution is 2.51. The molecule has 0 saturated carbocycles. The fourth-order valence-corrected chi connectivity index (χ4v) is 11.3. The van der Waals surface area contributed by atoms with Crippen LogP contribution in [0.4, 0.5) is 0 Å². The van der Waals surface area contributed by atoms with E-state index in [0.29, 0.717) is 0 Å². The Morgan fingerprint density at radius 3 is 1.47 bits per heavy atom. The van der Waals surface area contributed by atoms with Gasteiger partial charge in [0.25, 0.3) is 0 Å². The molecule has 0 fully saturated rings. The van der Waals surface area contributed by atoms with E-state index in [4.69, 9.17) is 0 Å². The van der Waals surface area contributed by atoms with Crippen LogP contribution in [-0.2, 0) is 0 Å². The van der Waals surface area contributed by atoms with Gasteiger partial charge in [0.1, 0.15) is 0 Å². The van der Waals surface area contributed by atoms with Gasteiger partial charge in [0.05, 0.1) is 0 Å². The highest BCUT2D eigenvalue weighted by atomic mass is 31.1. The third-order valence-electron chi connectivity index (χ3n) is 10.7. The summed E-state index contributed by atoms with van der Waals surface area (Å²) >= 11 is 0. The zero-order valence-corrected chi connectivity index (χ0v) is 27.6. The van der Waals surface area contributed by atoms with Crippen LogP contribution in [0.2, 0.25) is 0 Å². The zero-order chi connectivity index (χ0) is 32.1. The van der Waals surface area contributed by atoms with Crippen molar-refractivity contribution < 1.29 is 0 Å². The molecule has 49 heavy (non-hydrogen) atoms. The minimum absolute atomic E-state index is 0.884. The van der Waals surface area contributed by atoms with E-state index in [1.54, 1.807) is 0 Å². The summed E-state index contributed by atoms with van der Waals surface area (Å²) in [6.07, 6.45) is 0. The summed E-state index contributed by atoms with van der Waals surface area (Å²) < 4.78 is 0. The van der Waals surface area contributed by atoms with Gasteiger partial charge in [-0.25, -0.2) is 0 Å². The summed E-state index contributed by atoms with van der Waals surface area (Å²) in [5.41, 5.74) is 5.37. The lowest BCUT2D eigenvalue weighted by atomic mass is 9.89. The third-order valence-corrected chi connectivity index (χ3v) is 13.3. The highest BCUT2D eigenvalue weighted by molar-refractivity contribution is 7.80. The average Bonchev–Trinajstić information content (AvgIpc) is 3.49. The van der Waals surface area contributed by atoms with Crippen LogP contribution in [0.5, 0.6) is 0 Å². The molecule has 0 bridgehead atoms. The Bertz CT molecular complexity index is 2920. The number of benzene rings is 10. The van der Waals surface area contributed by atoms with Crippen molar-refractivity contribution in [1.82, 2.24) is 0 Å². The fraction of sp³-hybridized carbons (Fsp3) is 0. The quantitative estimate of drug-likeness (QED) is 0.134. The first-order valence-electron chi connectivity index (χ1n) is 17.0. The second kappa shape index (κ2) is 10.3. The largest absolute Gasteiger partial charge is 0.0616 e. The lowest BCUT2D eigenvalue weighted by Crippen LogP contribution is -2.22. The van der Waals surface area contributed by atoms with Gasteiger partial charge in [-0.3, -0.25) is 0 Å². The molecule has 11 rings (SSSR count). The van der Waals surface area contributed by atoms with Gasteiger partial charge in [-0.1, -0.05) is 164 Å². The minimum atomic E-state index is -0.884. The van der Waals surface area contributed by atoms with Crippen LogP contribution < -0.4 is 15.9 Å². The molecule has 226 valence electrons.